The summed E-state index contributed by atoms with van der Waals surface area (Å²) in [6.45, 7) is 10.0. The molecular weight excluding hydrogens is 284 g/mol. The van der Waals surface area contributed by atoms with Crippen LogP contribution >= 0.6 is 0 Å². The quantitative estimate of drug-likeness (QED) is 0.595. The van der Waals surface area contributed by atoms with Gasteiger partial charge in [-0.2, -0.15) is 0 Å². The van der Waals surface area contributed by atoms with Gasteiger partial charge in [-0.15, -0.1) is 0 Å². The van der Waals surface area contributed by atoms with Crippen LogP contribution in [0, 0.1) is 27.7 Å². The Hall–Kier alpha value is -1.96. The Labute approximate surface area is 140 Å². The molecule has 23 heavy (non-hydrogen) atoms. The Morgan fingerprint density at radius 1 is 0.609 bits per heavy atom. The van der Waals surface area contributed by atoms with Crippen molar-refractivity contribution >= 4 is 0 Å². The van der Waals surface area contributed by atoms with Gasteiger partial charge < -0.3 is 9.47 Å². The number of benzene rings is 2. The summed E-state index contributed by atoms with van der Waals surface area (Å²) in [6, 6.07) is 12.4. The summed E-state index contributed by atoms with van der Waals surface area (Å²) in [5.74, 6) is 2.02. The Kier molecular flexibility index (Phi) is 6.52. The summed E-state index contributed by atoms with van der Waals surface area (Å²) in [7, 11) is 0. The first-order chi connectivity index (χ1) is 11.1. The maximum absolute atomic E-state index is 5.88. The van der Waals surface area contributed by atoms with Gasteiger partial charge in [-0.05, 0) is 81.3 Å². The first-order valence-corrected chi connectivity index (χ1v) is 8.47. The third-order valence-corrected chi connectivity index (χ3v) is 4.41. The standard InChI is InChI=1S/C21H28O2/c1-16-10-8-12-20(18(16)3)22-14-6-5-7-15-23-21-13-9-11-17(2)19(21)4/h8-13H,5-7,14-15H2,1-4H3. The van der Waals surface area contributed by atoms with E-state index < -0.39 is 0 Å². The first-order valence-electron chi connectivity index (χ1n) is 8.47. The van der Waals surface area contributed by atoms with Crippen molar-refractivity contribution in [1.29, 1.82) is 0 Å². The van der Waals surface area contributed by atoms with Crippen molar-refractivity contribution in [3.8, 4) is 11.5 Å². The lowest BCUT2D eigenvalue weighted by atomic mass is 10.1. The van der Waals surface area contributed by atoms with Gasteiger partial charge >= 0.3 is 0 Å². The Morgan fingerprint density at radius 2 is 1.04 bits per heavy atom. The van der Waals surface area contributed by atoms with Crippen molar-refractivity contribution in [3.05, 3.63) is 58.7 Å². The Bertz CT molecular complexity index is 576. The van der Waals surface area contributed by atoms with Crippen molar-refractivity contribution in [2.24, 2.45) is 0 Å². The van der Waals surface area contributed by atoms with Crippen LogP contribution in [0.3, 0.4) is 0 Å². The van der Waals surface area contributed by atoms with Gasteiger partial charge in [0.2, 0.25) is 0 Å². The van der Waals surface area contributed by atoms with Gasteiger partial charge in [0, 0.05) is 0 Å². The minimum atomic E-state index is 0.772. The highest BCUT2D eigenvalue weighted by Gasteiger charge is 2.02. The molecule has 0 saturated heterocycles. The predicted molar refractivity (Wildman–Crippen MR) is 96.7 cm³/mol. The molecule has 2 aromatic rings. The molecule has 0 fully saturated rings. The summed E-state index contributed by atoms with van der Waals surface area (Å²) < 4.78 is 11.8. The fourth-order valence-corrected chi connectivity index (χ4v) is 2.51. The van der Waals surface area contributed by atoms with Crippen molar-refractivity contribution in [1.82, 2.24) is 0 Å². The first kappa shape index (κ1) is 17.4. The fourth-order valence-electron chi connectivity index (χ4n) is 2.51. The van der Waals surface area contributed by atoms with Crippen LogP contribution in [0.1, 0.15) is 41.5 Å². The molecule has 0 aromatic heterocycles. The van der Waals surface area contributed by atoms with E-state index >= 15 is 0 Å². The van der Waals surface area contributed by atoms with Gasteiger partial charge in [0.05, 0.1) is 13.2 Å². The maximum atomic E-state index is 5.88. The summed E-state index contributed by atoms with van der Waals surface area (Å²) in [5.41, 5.74) is 5.05. The van der Waals surface area contributed by atoms with Gasteiger partial charge in [-0.1, -0.05) is 24.3 Å². The van der Waals surface area contributed by atoms with Crippen LogP contribution in [0.5, 0.6) is 11.5 Å². The molecule has 0 saturated carbocycles. The summed E-state index contributed by atoms with van der Waals surface area (Å²) >= 11 is 0. The molecule has 2 nitrogen and oxygen atoms in total. The molecule has 0 radical (unpaired) electrons. The van der Waals surface area contributed by atoms with Crippen molar-refractivity contribution < 1.29 is 9.47 Å². The minimum Gasteiger partial charge on any atom is -0.493 e. The zero-order valence-electron chi connectivity index (χ0n) is 14.8. The van der Waals surface area contributed by atoms with Crippen LogP contribution < -0.4 is 9.47 Å². The molecule has 0 heterocycles. The smallest absolute Gasteiger partial charge is 0.122 e. The number of unbranched alkanes of at least 4 members (excludes halogenated alkanes) is 2. The van der Waals surface area contributed by atoms with E-state index in [1.165, 1.54) is 22.3 Å². The molecular formula is C21H28O2. The third kappa shape index (κ3) is 5.02. The zero-order valence-corrected chi connectivity index (χ0v) is 14.8. The molecule has 0 bridgehead atoms. The Balaban J connectivity index is 1.63. The van der Waals surface area contributed by atoms with Gasteiger partial charge in [0.25, 0.3) is 0 Å². The SMILES string of the molecule is Cc1cccc(OCCCCCOc2cccc(C)c2C)c1C. The van der Waals surface area contributed by atoms with E-state index in [-0.39, 0.29) is 0 Å². The molecule has 0 unspecified atom stereocenters. The van der Waals surface area contributed by atoms with Crippen LogP contribution in [0.25, 0.3) is 0 Å². The van der Waals surface area contributed by atoms with Crippen molar-refractivity contribution in [2.45, 2.75) is 47.0 Å². The summed E-state index contributed by atoms with van der Waals surface area (Å²) in [4.78, 5) is 0. The molecule has 0 spiro atoms. The second-order valence-electron chi connectivity index (χ2n) is 6.15. The number of hydrogen-bond donors (Lipinski definition) is 0. The second-order valence-corrected chi connectivity index (χ2v) is 6.15. The average molecular weight is 312 g/mol. The molecule has 0 aliphatic carbocycles. The van der Waals surface area contributed by atoms with E-state index in [0.29, 0.717) is 0 Å². The second kappa shape index (κ2) is 8.61. The average Bonchev–Trinajstić information content (AvgIpc) is 2.54. The molecule has 0 aliphatic rings. The summed E-state index contributed by atoms with van der Waals surface area (Å²) in [5, 5.41) is 0. The van der Waals surface area contributed by atoms with Gasteiger partial charge in [-0.3, -0.25) is 0 Å². The number of rotatable bonds is 8. The Morgan fingerprint density at radius 3 is 1.48 bits per heavy atom. The van der Waals surface area contributed by atoms with Gasteiger partial charge in [-0.25, -0.2) is 0 Å². The highest BCUT2D eigenvalue weighted by molar-refractivity contribution is 5.38. The van der Waals surface area contributed by atoms with Crippen LogP contribution in [-0.4, -0.2) is 13.2 Å². The molecule has 0 amide bonds. The van der Waals surface area contributed by atoms with Crippen molar-refractivity contribution in [3.63, 3.8) is 0 Å². The van der Waals surface area contributed by atoms with E-state index in [2.05, 4.69) is 52.0 Å². The predicted octanol–water partition coefficient (Wildman–Crippen LogP) is 5.55. The van der Waals surface area contributed by atoms with Crippen LogP contribution in [0.4, 0.5) is 0 Å². The maximum Gasteiger partial charge on any atom is 0.122 e. The van der Waals surface area contributed by atoms with Gasteiger partial charge in [0.1, 0.15) is 11.5 Å². The molecule has 124 valence electrons. The normalized spacial score (nSPS) is 10.6. The number of ether oxygens (including phenoxy) is 2. The van der Waals surface area contributed by atoms with Crippen LogP contribution in [0.2, 0.25) is 0 Å². The van der Waals surface area contributed by atoms with Crippen LogP contribution in [-0.2, 0) is 0 Å². The lowest BCUT2D eigenvalue weighted by molar-refractivity contribution is 0.277. The molecule has 0 N–H and O–H groups in total. The molecule has 0 aliphatic heterocycles. The minimum absolute atomic E-state index is 0.772. The highest BCUT2D eigenvalue weighted by atomic mass is 16.5. The monoisotopic (exact) mass is 312 g/mol. The molecule has 2 rings (SSSR count). The molecule has 2 aromatic carbocycles. The lowest BCUT2D eigenvalue weighted by Gasteiger charge is -2.12. The molecule has 2 heteroatoms. The van der Waals surface area contributed by atoms with E-state index in [4.69, 9.17) is 9.47 Å². The number of aryl methyl sites for hydroxylation is 2. The lowest BCUT2D eigenvalue weighted by Crippen LogP contribution is -2.03. The van der Waals surface area contributed by atoms with E-state index in [0.717, 1.165) is 44.0 Å². The van der Waals surface area contributed by atoms with E-state index in [1.54, 1.807) is 0 Å². The van der Waals surface area contributed by atoms with E-state index in [1.807, 2.05) is 12.1 Å². The van der Waals surface area contributed by atoms with Crippen LogP contribution in [0.15, 0.2) is 36.4 Å². The van der Waals surface area contributed by atoms with Crippen molar-refractivity contribution in [2.75, 3.05) is 13.2 Å². The van der Waals surface area contributed by atoms with Gasteiger partial charge in [0.15, 0.2) is 0 Å². The molecule has 0 atom stereocenters. The topological polar surface area (TPSA) is 18.5 Å². The largest absolute Gasteiger partial charge is 0.493 e. The zero-order chi connectivity index (χ0) is 16.7. The highest BCUT2D eigenvalue weighted by Crippen LogP contribution is 2.22. The number of hydrogen-bond acceptors (Lipinski definition) is 2. The summed E-state index contributed by atoms with van der Waals surface area (Å²) in [6.07, 6.45) is 3.24. The fraction of sp³-hybridized carbons (Fsp3) is 0.429. The van der Waals surface area contributed by atoms with E-state index in [9.17, 15) is 0 Å². The third-order valence-electron chi connectivity index (χ3n) is 4.41.